The Hall–Kier alpha value is -3.67. The van der Waals surface area contributed by atoms with Crippen LogP contribution < -0.4 is 5.32 Å². The quantitative estimate of drug-likeness (QED) is 0.555. The Morgan fingerprint density at radius 1 is 0.963 bits per heavy atom. The minimum Gasteiger partial charge on any atom is -0.464 e. The molecule has 0 radical (unpaired) electrons. The number of halogens is 1. The van der Waals surface area contributed by atoms with Crippen LogP contribution in [0.2, 0.25) is 0 Å². The molecule has 0 fully saturated rings. The van der Waals surface area contributed by atoms with Crippen molar-refractivity contribution in [1.29, 1.82) is 0 Å². The van der Waals surface area contributed by atoms with Crippen molar-refractivity contribution in [3.05, 3.63) is 71.9 Å². The van der Waals surface area contributed by atoms with E-state index in [0.717, 1.165) is 10.9 Å². The molecule has 27 heavy (non-hydrogen) atoms. The summed E-state index contributed by atoms with van der Waals surface area (Å²) >= 11 is 0. The first kappa shape index (κ1) is 15.6. The molecule has 2 amide bonds. The van der Waals surface area contributed by atoms with E-state index in [9.17, 15) is 14.0 Å². The van der Waals surface area contributed by atoms with Crippen LogP contribution in [0.15, 0.2) is 59.3 Å². The Bertz CT molecular complexity index is 1310. The van der Waals surface area contributed by atoms with Crippen LogP contribution in [0, 0.1) is 5.82 Å². The van der Waals surface area contributed by atoms with E-state index in [4.69, 9.17) is 4.42 Å². The fourth-order valence-corrected chi connectivity index (χ4v) is 3.70. The summed E-state index contributed by atoms with van der Waals surface area (Å²) in [7, 11) is 1.81. The molecule has 0 aliphatic carbocycles. The highest BCUT2D eigenvalue weighted by molar-refractivity contribution is 6.50. The van der Waals surface area contributed by atoms with Crippen molar-refractivity contribution in [3.8, 4) is 0 Å². The molecule has 0 saturated carbocycles. The predicted molar refractivity (Wildman–Crippen MR) is 99.1 cm³/mol. The molecule has 4 aromatic rings. The lowest BCUT2D eigenvalue weighted by Crippen LogP contribution is -2.22. The average Bonchev–Trinajstić information content (AvgIpc) is 3.28. The molecule has 6 heteroatoms. The zero-order chi connectivity index (χ0) is 18.7. The summed E-state index contributed by atoms with van der Waals surface area (Å²) < 4.78 is 21.2. The first-order valence-electron chi connectivity index (χ1n) is 8.36. The molecule has 2 aromatic carbocycles. The smallest absolute Gasteiger partial charge is 0.259 e. The van der Waals surface area contributed by atoms with Gasteiger partial charge in [0, 0.05) is 40.7 Å². The summed E-state index contributed by atoms with van der Waals surface area (Å²) in [5.41, 5.74) is 2.90. The summed E-state index contributed by atoms with van der Waals surface area (Å²) in [6.07, 6.45) is 3.21. The Labute approximate surface area is 152 Å². The number of furan rings is 1. The van der Waals surface area contributed by atoms with Gasteiger partial charge in [-0.05, 0) is 24.3 Å². The molecule has 1 aliphatic rings. The fourth-order valence-electron chi connectivity index (χ4n) is 3.70. The lowest BCUT2D eigenvalue weighted by Gasteiger charge is -2.02. The number of carbonyl (C=O) groups excluding carboxylic acids is 2. The molecule has 1 aliphatic heterocycles. The van der Waals surface area contributed by atoms with Gasteiger partial charge in [-0.15, -0.1) is 0 Å². The topological polar surface area (TPSA) is 64.2 Å². The van der Waals surface area contributed by atoms with E-state index in [1.807, 2.05) is 25.2 Å². The van der Waals surface area contributed by atoms with E-state index in [1.165, 1.54) is 18.4 Å². The molecule has 5 nitrogen and oxygen atoms in total. The average molecular weight is 360 g/mol. The van der Waals surface area contributed by atoms with Gasteiger partial charge in [0.05, 0.1) is 17.4 Å². The number of para-hydroxylation sites is 1. The van der Waals surface area contributed by atoms with E-state index < -0.39 is 17.6 Å². The molecular weight excluding hydrogens is 347 g/mol. The Kier molecular flexibility index (Phi) is 3.12. The van der Waals surface area contributed by atoms with E-state index in [2.05, 4.69) is 5.32 Å². The highest BCUT2D eigenvalue weighted by Crippen LogP contribution is 2.38. The highest BCUT2D eigenvalue weighted by Gasteiger charge is 2.35. The normalized spacial score (nSPS) is 14.6. The maximum atomic E-state index is 13.9. The van der Waals surface area contributed by atoms with Gasteiger partial charge in [0.2, 0.25) is 0 Å². The van der Waals surface area contributed by atoms with Crippen molar-refractivity contribution >= 4 is 44.8 Å². The largest absolute Gasteiger partial charge is 0.464 e. The lowest BCUT2D eigenvalue weighted by atomic mass is 9.95. The molecule has 0 spiro atoms. The second-order valence-corrected chi connectivity index (χ2v) is 6.49. The number of benzene rings is 2. The van der Waals surface area contributed by atoms with Gasteiger partial charge < -0.3 is 8.98 Å². The van der Waals surface area contributed by atoms with Crippen LogP contribution >= 0.6 is 0 Å². The maximum Gasteiger partial charge on any atom is 0.259 e. The molecule has 0 saturated heterocycles. The minimum atomic E-state index is -0.503. The van der Waals surface area contributed by atoms with Gasteiger partial charge >= 0.3 is 0 Å². The Balaban J connectivity index is 1.87. The zero-order valence-corrected chi connectivity index (χ0v) is 14.2. The SMILES string of the molecule is Cn1cc(C2=C(c3coc4ccccc34)C(=O)NC2=O)c2cc(F)ccc21. The van der Waals surface area contributed by atoms with E-state index in [0.29, 0.717) is 22.1 Å². The molecule has 0 unspecified atom stereocenters. The maximum absolute atomic E-state index is 13.9. The molecule has 5 rings (SSSR count). The molecule has 1 N–H and O–H groups in total. The van der Waals surface area contributed by atoms with Crippen molar-refractivity contribution in [3.63, 3.8) is 0 Å². The third-order valence-electron chi connectivity index (χ3n) is 4.90. The van der Waals surface area contributed by atoms with Crippen LogP contribution in [0.25, 0.3) is 33.0 Å². The molecular formula is C21H13FN2O3. The molecule has 132 valence electrons. The highest BCUT2D eigenvalue weighted by atomic mass is 19.1. The number of hydrogen-bond acceptors (Lipinski definition) is 3. The second-order valence-electron chi connectivity index (χ2n) is 6.49. The lowest BCUT2D eigenvalue weighted by molar-refractivity contribution is -0.122. The van der Waals surface area contributed by atoms with Crippen LogP contribution in [0.3, 0.4) is 0 Å². The minimum absolute atomic E-state index is 0.225. The standard InChI is InChI=1S/C21H13FN2O3/c1-24-9-14(13-8-11(22)6-7-16(13)24)18-19(21(26)23-20(18)25)15-10-27-17-5-3-2-4-12(15)17/h2-10H,1H3,(H,23,25,26). The number of carbonyl (C=O) groups is 2. The third-order valence-corrected chi connectivity index (χ3v) is 4.90. The number of amides is 2. The number of aromatic nitrogens is 1. The number of rotatable bonds is 2. The monoisotopic (exact) mass is 360 g/mol. The van der Waals surface area contributed by atoms with Crippen LogP contribution in [0.4, 0.5) is 4.39 Å². The number of nitrogens with zero attached hydrogens (tertiary/aromatic N) is 1. The van der Waals surface area contributed by atoms with Crippen molar-refractivity contribution < 1.29 is 18.4 Å². The van der Waals surface area contributed by atoms with Crippen LogP contribution in [-0.2, 0) is 16.6 Å². The van der Waals surface area contributed by atoms with Gasteiger partial charge in [0.1, 0.15) is 11.4 Å². The number of nitrogens with one attached hydrogen (secondary N) is 1. The van der Waals surface area contributed by atoms with Crippen LogP contribution in [0.1, 0.15) is 11.1 Å². The number of aryl methyl sites for hydroxylation is 1. The van der Waals surface area contributed by atoms with Crippen molar-refractivity contribution in [2.24, 2.45) is 7.05 Å². The fraction of sp³-hybridized carbons (Fsp3) is 0.0476. The van der Waals surface area contributed by atoms with Crippen molar-refractivity contribution in [2.75, 3.05) is 0 Å². The van der Waals surface area contributed by atoms with E-state index in [-0.39, 0.29) is 11.1 Å². The summed E-state index contributed by atoms with van der Waals surface area (Å²) in [5, 5.41) is 3.67. The summed E-state index contributed by atoms with van der Waals surface area (Å²) in [6.45, 7) is 0. The summed E-state index contributed by atoms with van der Waals surface area (Å²) in [6, 6.07) is 11.7. The first-order valence-corrected chi connectivity index (χ1v) is 8.36. The molecule has 0 bridgehead atoms. The van der Waals surface area contributed by atoms with E-state index in [1.54, 1.807) is 22.9 Å². The van der Waals surface area contributed by atoms with Gasteiger partial charge in [0.15, 0.2) is 0 Å². The first-order chi connectivity index (χ1) is 13.0. The van der Waals surface area contributed by atoms with Gasteiger partial charge in [-0.1, -0.05) is 18.2 Å². The van der Waals surface area contributed by atoms with E-state index >= 15 is 0 Å². The molecule has 0 atom stereocenters. The Morgan fingerprint density at radius 3 is 2.52 bits per heavy atom. The third kappa shape index (κ3) is 2.16. The van der Waals surface area contributed by atoms with Crippen LogP contribution in [0.5, 0.6) is 0 Å². The van der Waals surface area contributed by atoms with Gasteiger partial charge in [-0.25, -0.2) is 4.39 Å². The van der Waals surface area contributed by atoms with Gasteiger partial charge in [-0.3, -0.25) is 14.9 Å². The van der Waals surface area contributed by atoms with Crippen molar-refractivity contribution in [2.45, 2.75) is 0 Å². The number of fused-ring (bicyclic) bond motifs is 2. The van der Waals surface area contributed by atoms with Crippen LogP contribution in [-0.4, -0.2) is 16.4 Å². The van der Waals surface area contributed by atoms with Gasteiger partial charge in [-0.2, -0.15) is 0 Å². The van der Waals surface area contributed by atoms with Gasteiger partial charge in [0.25, 0.3) is 11.8 Å². The second kappa shape index (κ2) is 5.41. The number of imide groups is 1. The summed E-state index contributed by atoms with van der Waals surface area (Å²) in [5.74, 6) is -1.40. The molecule has 3 heterocycles. The predicted octanol–water partition coefficient (Wildman–Crippen LogP) is 3.63. The Morgan fingerprint density at radius 2 is 1.70 bits per heavy atom. The van der Waals surface area contributed by atoms with Crippen molar-refractivity contribution in [1.82, 2.24) is 9.88 Å². The zero-order valence-electron chi connectivity index (χ0n) is 14.2. The molecule has 2 aromatic heterocycles. The summed E-state index contributed by atoms with van der Waals surface area (Å²) in [4.78, 5) is 25.2. The number of hydrogen-bond donors (Lipinski definition) is 1.